The van der Waals surface area contributed by atoms with E-state index < -0.39 is 50.5 Å². The third-order valence-electron chi connectivity index (χ3n) is 1.75. The zero-order chi connectivity index (χ0) is 15.6. The van der Waals surface area contributed by atoms with Crippen molar-refractivity contribution >= 4 is 41.7 Å². The minimum Gasteiger partial charge on any atom is -0.313 e. The van der Waals surface area contributed by atoms with E-state index in [0.717, 1.165) is 25.3 Å². The molecule has 1 atom stereocenters. The second-order valence-electron chi connectivity index (χ2n) is 3.11. The molecule has 1 aromatic rings. The molecule has 0 saturated heterocycles. The summed E-state index contributed by atoms with van der Waals surface area (Å²) < 4.78 is 80.0. The summed E-state index contributed by atoms with van der Waals surface area (Å²) in [4.78, 5) is -1.59. The van der Waals surface area contributed by atoms with Crippen molar-refractivity contribution in [1.29, 1.82) is 0 Å². The molecule has 0 spiro atoms. The van der Waals surface area contributed by atoms with Crippen LogP contribution in [0.25, 0.3) is 0 Å². The van der Waals surface area contributed by atoms with E-state index in [1.165, 1.54) is 0 Å². The van der Waals surface area contributed by atoms with Crippen LogP contribution < -0.4 is 0 Å². The Labute approximate surface area is 122 Å². The summed E-state index contributed by atoms with van der Waals surface area (Å²) in [6.07, 6.45) is 0. The number of alkyl halides is 3. The lowest BCUT2D eigenvalue weighted by Crippen LogP contribution is -2.07. The molecule has 0 aliphatic rings. The summed E-state index contributed by atoms with van der Waals surface area (Å²) in [6, 6.07) is 3.13. The minimum absolute atomic E-state index is 0.481. The predicted octanol–water partition coefficient (Wildman–Crippen LogP) is 3.69. The Balaban J connectivity index is 3.32. The van der Waals surface area contributed by atoms with Crippen LogP contribution in [0, 0.1) is 0 Å². The number of benzene rings is 1. The Bertz CT molecular complexity index is 619. The number of halogens is 4. The van der Waals surface area contributed by atoms with Crippen molar-refractivity contribution in [3.8, 4) is 0 Å². The van der Waals surface area contributed by atoms with E-state index in [-0.39, 0.29) is 0 Å². The predicted molar refractivity (Wildman–Crippen MR) is 67.6 cm³/mol. The molecule has 1 rings (SSSR count). The van der Waals surface area contributed by atoms with E-state index in [1.807, 2.05) is 0 Å². The molecule has 114 valence electrons. The van der Waals surface area contributed by atoms with Gasteiger partial charge in [-0.2, -0.15) is 25.6 Å². The van der Waals surface area contributed by atoms with Gasteiger partial charge < -0.3 is 4.52 Å². The van der Waals surface area contributed by atoms with E-state index >= 15 is 0 Å². The van der Waals surface area contributed by atoms with Gasteiger partial charge in [-0.1, -0.05) is 17.7 Å². The zero-order valence-corrected chi connectivity index (χ0v) is 13.0. The normalized spacial score (nSPS) is 14.2. The van der Waals surface area contributed by atoms with Crippen LogP contribution in [-0.2, 0) is 23.2 Å². The summed E-state index contributed by atoms with van der Waals surface area (Å²) in [5.41, 5.74) is -4.72. The fourth-order valence-electron chi connectivity index (χ4n) is 1.10. The summed E-state index contributed by atoms with van der Waals surface area (Å²) >= 11 is 4.93. The maximum absolute atomic E-state index is 12.4. The molecule has 0 heterocycles. The van der Waals surface area contributed by atoms with Gasteiger partial charge in [-0.05, 0) is 23.9 Å². The van der Waals surface area contributed by atoms with Crippen molar-refractivity contribution in [3.63, 3.8) is 0 Å². The van der Waals surface area contributed by atoms with Gasteiger partial charge in [0, 0.05) is 12.0 Å². The first-order valence-corrected chi connectivity index (χ1v) is 8.46. The SMILES string of the molecule is CO[PH](=O)OS(=O)(=O)c1c(Cl)cccc1SC(F)(F)F. The van der Waals surface area contributed by atoms with Gasteiger partial charge in [0.1, 0.15) is 4.90 Å². The molecule has 0 radical (unpaired) electrons. The highest BCUT2D eigenvalue weighted by molar-refractivity contribution is 8.01. The maximum Gasteiger partial charge on any atom is 0.446 e. The summed E-state index contributed by atoms with van der Waals surface area (Å²) in [5, 5.41) is -0.481. The number of hydrogen-bond donors (Lipinski definition) is 0. The lowest BCUT2D eigenvalue weighted by atomic mass is 10.4. The van der Waals surface area contributed by atoms with Crippen molar-refractivity contribution in [2.75, 3.05) is 7.11 Å². The van der Waals surface area contributed by atoms with Crippen molar-refractivity contribution in [2.45, 2.75) is 15.3 Å². The Morgan fingerprint density at radius 1 is 1.35 bits per heavy atom. The highest BCUT2D eigenvalue weighted by atomic mass is 35.5. The van der Waals surface area contributed by atoms with Gasteiger partial charge >= 0.3 is 23.9 Å². The molecule has 0 aliphatic carbocycles. The second kappa shape index (κ2) is 6.67. The largest absolute Gasteiger partial charge is 0.446 e. The third kappa shape index (κ3) is 4.94. The minimum atomic E-state index is -4.75. The molecular weight excluding hydrogens is 364 g/mol. The van der Waals surface area contributed by atoms with Crippen molar-refractivity contribution in [3.05, 3.63) is 23.2 Å². The smallest absolute Gasteiger partial charge is 0.313 e. The van der Waals surface area contributed by atoms with Crippen LogP contribution in [0.3, 0.4) is 0 Å². The number of hydrogen-bond acceptors (Lipinski definition) is 6. The molecule has 0 saturated carbocycles. The first kappa shape index (κ1) is 17.8. The van der Waals surface area contributed by atoms with Gasteiger partial charge in [0.25, 0.3) is 0 Å². The van der Waals surface area contributed by atoms with E-state index in [9.17, 15) is 26.2 Å². The van der Waals surface area contributed by atoms with Crippen LogP contribution >= 0.6 is 31.6 Å². The van der Waals surface area contributed by atoms with E-state index in [1.54, 1.807) is 0 Å². The average Bonchev–Trinajstić information content (AvgIpc) is 2.25. The topological polar surface area (TPSA) is 69.7 Å². The first-order chi connectivity index (χ1) is 9.07. The Morgan fingerprint density at radius 2 is 1.95 bits per heavy atom. The van der Waals surface area contributed by atoms with Gasteiger partial charge in [0.05, 0.1) is 5.02 Å². The Hall–Kier alpha value is -0.250. The average molecular weight is 371 g/mol. The molecular formula is C8H7ClF3O5PS2. The number of thioether (sulfide) groups is 1. The molecule has 0 aliphatic heterocycles. The van der Waals surface area contributed by atoms with Gasteiger partial charge in [0.15, 0.2) is 0 Å². The molecule has 0 bridgehead atoms. The molecule has 0 N–H and O–H groups in total. The van der Waals surface area contributed by atoms with Crippen LogP contribution in [0.1, 0.15) is 0 Å². The van der Waals surface area contributed by atoms with Gasteiger partial charge in [0.2, 0.25) is 0 Å². The quantitative estimate of drug-likeness (QED) is 0.581. The van der Waals surface area contributed by atoms with Gasteiger partial charge in [-0.3, -0.25) is 4.57 Å². The van der Waals surface area contributed by atoms with Crippen molar-refractivity contribution in [1.82, 2.24) is 0 Å². The molecule has 12 heteroatoms. The summed E-state index contributed by atoms with van der Waals surface area (Å²) in [5.74, 6) is 0. The number of rotatable bonds is 5. The highest BCUT2D eigenvalue weighted by Crippen LogP contribution is 2.43. The standard InChI is InChI=1S/C8H7ClF3O5PS2/c1-16-18(13)17-20(14,15)7-5(9)3-2-4-6(7)19-8(10,11)12/h2-4,18H,1H3. The summed E-state index contributed by atoms with van der Waals surface area (Å²) in [6.45, 7) is 0. The molecule has 1 aromatic carbocycles. The van der Waals surface area contributed by atoms with Gasteiger partial charge in [-0.25, -0.2) is 0 Å². The van der Waals surface area contributed by atoms with Crippen LogP contribution in [0.4, 0.5) is 13.2 Å². The van der Waals surface area contributed by atoms with Crippen LogP contribution in [0.2, 0.25) is 5.02 Å². The molecule has 0 fully saturated rings. The summed E-state index contributed by atoms with van der Waals surface area (Å²) in [7, 11) is -7.22. The van der Waals surface area contributed by atoms with E-state index in [4.69, 9.17) is 11.6 Å². The molecule has 20 heavy (non-hydrogen) atoms. The molecule has 0 aromatic heterocycles. The van der Waals surface area contributed by atoms with Gasteiger partial charge in [-0.15, -0.1) is 0 Å². The van der Waals surface area contributed by atoms with Crippen molar-refractivity contribution < 1.29 is 34.6 Å². The molecule has 1 unspecified atom stereocenters. The van der Waals surface area contributed by atoms with Crippen LogP contribution in [0.5, 0.6) is 0 Å². The lowest BCUT2D eigenvalue weighted by molar-refractivity contribution is -0.0328. The fraction of sp³-hybridized carbons (Fsp3) is 0.250. The molecule has 5 nitrogen and oxygen atoms in total. The first-order valence-electron chi connectivity index (χ1n) is 4.63. The third-order valence-corrected chi connectivity index (χ3v) is 5.79. The van der Waals surface area contributed by atoms with Crippen LogP contribution in [-0.4, -0.2) is 21.0 Å². The van der Waals surface area contributed by atoms with Crippen LogP contribution in [0.15, 0.2) is 28.0 Å². The van der Waals surface area contributed by atoms with Crippen molar-refractivity contribution in [2.24, 2.45) is 0 Å². The lowest BCUT2D eigenvalue weighted by Gasteiger charge is -2.12. The van der Waals surface area contributed by atoms with E-state index in [0.29, 0.717) is 0 Å². The maximum atomic E-state index is 12.4. The fourth-order valence-corrected chi connectivity index (χ4v) is 4.59. The Morgan fingerprint density at radius 3 is 2.45 bits per heavy atom. The highest BCUT2D eigenvalue weighted by Gasteiger charge is 2.34. The second-order valence-corrected chi connectivity index (χ2v) is 7.51. The molecule has 0 amide bonds. The zero-order valence-electron chi connectivity index (χ0n) is 9.60. The monoisotopic (exact) mass is 370 g/mol. The van der Waals surface area contributed by atoms with E-state index in [2.05, 4.69) is 8.49 Å². The Kier molecular flexibility index (Phi) is 5.94.